The number of carbonyl (C=O) groups excluding carboxylic acids is 1. The van der Waals surface area contributed by atoms with E-state index in [1.54, 1.807) is 30.3 Å². The molecule has 0 saturated carbocycles. The largest absolute Gasteiger partial charge is 0.494 e. The Morgan fingerprint density at radius 2 is 1.68 bits per heavy atom. The monoisotopic (exact) mass is 477 g/mol. The summed E-state index contributed by atoms with van der Waals surface area (Å²) in [5, 5.41) is 0.641. The number of cyclic esters (lactones) is 1. The van der Waals surface area contributed by atoms with Crippen molar-refractivity contribution in [1.82, 2.24) is 0 Å². The summed E-state index contributed by atoms with van der Waals surface area (Å²) in [5.74, 6) is 1.62. The molecule has 174 valence electrons. The molecule has 34 heavy (non-hydrogen) atoms. The van der Waals surface area contributed by atoms with E-state index in [9.17, 15) is 4.79 Å². The fourth-order valence-corrected chi connectivity index (χ4v) is 3.51. The number of nitrogens with zero attached hydrogens (tertiary/aromatic N) is 1. The average Bonchev–Trinajstić information content (AvgIpc) is 3.20. The lowest BCUT2D eigenvalue weighted by molar-refractivity contribution is -0.129. The van der Waals surface area contributed by atoms with Gasteiger partial charge >= 0.3 is 5.97 Å². The first-order valence-corrected chi connectivity index (χ1v) is 11.3. The Labute approximate surface area is 203 Å². The second kappa shape index (κ2) is 10.9. The molecule has 1 aliphatic heterocycles. The predicted molar refractivity (Wildman–Crippen MR) is 132 cm³/mol. The third-order valence-corrected chi connectivity index (χ3v) is 5.31. The lowest BCUT2D eigenvalue weighted by atomic mass is 10.1. The molecule has 0 bridgehead atoms. The van der Waals surface area contributed by atoms with Crippen LogP contribution >= 0.6 is 11.6 Å². The first-order valence-electron chi connectivity index (χ1n) is 11.0. The average molecular weight is 478 g/mol. The van der Waals surface area contributed by atoms with Crippen LogP contribution in [0.15, 0.2) is 77.4 Å². The first-order chi connectivity index (χ1) is 16.6. The van der Waals surface area contributed by atoms with Crippen molar-refractivity contribution >= 4 is 29.5 Å². The first kappa shape index (κ1) is 23.4. The van der Waals surface area contributed by atoms with Gasteiger partial charge in [-0.25, -0.2) is 9.79 Å². The molecule has 3 aromatic carbocycles. The fraction of sp³-hybridized carbons (Fsp3) is 0.185. The van der Waals surface area contributed by atoms with Gasteiger partial charge in [0, 0.05) is 16.1 Å². The molecule has 4 rings (SSSR count). The predicted octanol–water partition coefficient (Wildman–Crippen LogP) is 6.06. The second-order valence-electron chi connectivity index (χ2n) is 7.31. The van der Waals surface area contributed by atoms with Gasteiger partial charge in [0.1, 0.15) is 12.4 Å². The number of hydrogen-bond donors (Lipinski definition) is 0. The number of aliphatic imine (C=N–C) groups is 1. The highest BCUT2D eigenvalue weighted by molar-refractivity contribution is 6.31. The molecule has 0 amide bonds. The quantitative estimate of drug-likeness (QED) is 0.277. The van der Waals surface area contributed by atoms with Gasteiger partial charge in [0.15, 0.2) is 17.2 Å². The number of ether oxygens (including phenoxy) is 4. The van der Waals surface area contributed by atoms with E-state index in [1.807, 2.05) is 56.3 Å². The summed E-state index contributed by atoms with van der Waals surface area (Å²) in [4.78, 5) is 16.8. The lowest BCUT2D eigenvalue weighted by Gasteiger charge is -2.13. The van der Waals surface area contributed by atoms with Gasteiger partial charge in [0.05, 0.1) is 13.2 Å². The van der Waals surface area contributed by atoms with Crippen LogP contribution in [0.2, 0.25) is 5.02 Å². The van der Waals surface area contributed by atoms with Crippen molar-refractivity contribution < 1.29 is 23.7 Å². The molecule has 6 nitrogen and oxygen atoms in total. The minimum Gasteiger partial charge on any atom is -0.494 e. The second-order valence-corrected chi connectivity index (χ2v) is 7.72. The number of esters is 1. The molecule has 0 spiro atoms. The summed E-state index contributed by atoms with van der Waals surface area (Å²) in [7, 11) is 0. The third-order valence-electron chi connectivity index (χ3n) is 4.94. The van der Waals surface area contributed by atoms with Crippen LogP contribution in [-0.4, -0.2) is 25.1 Å². The Hall–Kier alpha value is -3.77. The number of halogens is 1. The molecule has 0 N–H and O–H groups in total. The molecule has 0 aromatic heterocycles. The highest BCUT2D eigenvalue weighted by Crippen LogP contribution is 2.31. The van der Waals surface area contributed by atoms with Gasteiger partial charge in [0.25, 0.3) is 0 Å². The maximum absolute atomic E-state index is 12.4. The Balaban J connectivity index is 1.53. The highest BCUT2D eigenvalue weighted by atomic mass is 35.5. The van der Waals surface area contributed by atoms with Crippen LogP contribution in [0.4, 0.5) is 0 Å². The molecule has 0 radical (unpaired) electrons. The summed E-state index contributed by atoms with van der Waals surface area (Å²) < 4.78 is 22.5. The van der Waals surface area contributed by atoms with Crippen LogP contribution in [0.25, 0.3) is 6.08 Å². The van der Waals surface area contributed by atoms with Gasteiger partial charge in [-0.2, -0.15) is 0 Å². The molecule has 7 heteroatoms. The van der Waals surface area contributed by atoms with Crippen molar-refractivity contribution in [1.29, 1.82) is 0 Å². The molecule has 0 unspecified atom stereocenters. The van der Waals surface area contributed by atoms with Crippen LogP contribution in [0.5, 0.6) is 17.2 Å². The van der Waals surface area contributed by atoms with Crippen molar-refractivity contribution in [2.45, 2.75) is 20.5 Å². The number of carbonyl (C=O) groups is 1. The molecular weight excluding hydrogens is 454 g/mol. The van der Waals surface area contributed by atoms with E-state index in [0.29, 0.717) is 41.9 Å². The van der Waals surface area contributed by atoms with E-state index in [-0.39, 0.29) is 11.6 Å². The van der Waals surface area contributed by atoms with Crippen LogP contribution in [0, 0.1) is 0 Å². The summed E-state index contributed by atoms with van der Waals surface area (Å²) >= 11 is 6.22. The minimum atomic E-state index is -0.513. The maximum Gasteiger partial charge on any atom is 0.363 e. The number of hydrogen-bond acceptors (Lipinski definition) is 6. The zero-order valence-corrected chi connectivity index (χ0v) is 19.7. The van der Waals surface area contributed by atoms with E-state index >= 15 is 0 Å². The van der Waals surface area contributed by atoms with E-state index in [2.05, 4.69) is 4.99 Å². The zero-order valence-electron chi connectivity index (χ0n) is 18.9. The molecule has 0 atom stereocenters. The van der Waals surface area contributed by atoms with Crippen molar-refractivity contribution in [3.8, 4) is 17.2 Å². The van der Waals surface area contributed by atoms with Gasteiger partial charge in [-0.3, -0.25) is 0 Å². The van der Waals surface area contributed by atoms with Crippen LogP contribution in [0.1, 0.15) is 30.5 Å². The lowest BCUT2D eigenvalue weighted by Crippen LogP contribution is -2.05. The topological polar surface area (TPSA) is 66.3 Å². The zero-order chi connectivity index (χ0) is 23.9. The molecular formula is C27H24ClNO5. The van der Waals surface area contributed by atoms with Crippen LogP contribution < -0.4 is 14.2 Å². The van der Waals surface area contributed by atoms with Crippen LogP contribution in [-0.2, 0) is 16.1 Å². The van der Waals surface area contributed by atoms with Gasteiger partial charge in [0.2, 0.25) is 5.90 Å². The summed E-state index contributed by atoms with van der Waals surface area (Å²) in [5.41, 5.74) is 2.51. The third kappa shape index (κ3) is 5.58. The standard InChI is InChI=1S/C27H24ClNO5/c1-3-31-21-12-10-19(11-13-21)26-29-23(27(30)34-26)15-18-9-14-24(25(16-18)32-4-2)33-17-20-7-5-6-8-22(20)28/h5-16H,3-4,17H2,1-2H3/b23-15-. The number of benzene rings is 3. The SMILES string of the molecule is CCOc1ccc(C2=N/C(=C\c3ccc(OCc4ccccc4Cl)c(OCC)c3)C(=O)O2)cc1. The van der Waals surface area contributed by atoms with Gasteiger partial charge in [-0.15, -0.1) is 0 Å². The van der Waals surface area contributed by atoms with Crippen molar-refractivity contribution in [2.75, 3.05) is 13.2 Å². The van der Waals surface area contributed by atoms with Gasteiger partial charge in [-0.05, 0) is 68.0 Å². The molecule has 0 saturated heterocycles. The van der Waals surface area contributed by atoms with Gasteiger partial charge < -0.3 is 18.9 Å². The van der Waals surface area contributed by atoms with Crippen molar-refractivity contribution in [3.63, 3.8) is 0 Å². The van der Waals surface area contributed by atoms with E-state index in [0.717, 1.165) is 16.9 Å². The Kier molecular flexibility index (Phi) is 7.50. The van der Waals surface area contributed by atoms with E-state index < -0.39 is 5.97 Å². The normalized spacial score (nSPS) is 14.0. The molecule has 1 aliphatic rings. The number of rotatable bonds is 9. The minimum absolute atomic E-state index is 0.205. The smallest absolute Gasteiger partial charge is 0.363 e. The van der Waals surface area contributed by atoms with Crippen LogP contribution in [0.3, 0.4) is 0 Å². The highest BCUT2D eigenvalue weighted by Gasteiger charge is 2.24. The van der Waals surface area contributed by atoms with Gasteiger partial charge in [-0.1, -0.05) is 35.9 Å². The Morgan fingerprint density at radius 1 is 0.912 bits per heavy atom. The summed E-state index contributed by atoms with van der Waals surface area (Å²) in [6, 6.07) is 20.2. The summed E-state index contributed by atoms with van der Waals surface area (Å²) in [6.45, 7) is 5.16. The van der Waals surface area contributed by atoms with Crippen molar-refractivity contribution in [2.24, 2.45) is 4.99 Å². The molecule has 3 aromatic rings. The Bertz CT molecular complexity index is 1230. The van der Waals surface area contributed by atoms with E-state index in [4.69, 9.17) is 30.5 Å². The molecule has 0 fully saturated rings. The summed E-state index contributed by atoms with van der Waals surface area (Å²) in [6.07, 6.45) is 1.66. The fourth-order valence-electron chi connectivity index (χ4n) is 3.32. The molecule has 1 heterocycles. The molecule has 0 aliphatic carbocycles. The van der Waals surface area contributed by atoms with Crippen molar-refractivity contribution in [3.05, 3.63) is 94.1 Å². The van der Waals surface area contributed by atoms with E-state index in [1.165, 1.54) is 0 Å². The maximum atomic E-state index is 12.4. The Morgan fingerprint density at radius 3 is 2.41 bits per heavy atom.